The van der Waals surface area contributed by atoms with E-state index in [1.807, 2.05) is 125 Å². The van der Waals surface area contributed by atoms with Crippen LogP contribution in [0.1, 0.15) is 141 Å². The minimum absolute atomic E-state index is 0.00694. The van der Waals surface area contributed by atoms with Gasteiger partial charge in [-0.25, -0.2) is 28.3 Å². The first kappa shape index (κ1) is 56.3. The smallest absolute Gasteiger partial charge is 0.419 e. The van der Waals surface area contributed by atoms with Crippen molar-refractivity contribution in [3.63, 3.8) is 0 Å². The highest BCUT2D eigenvalue weighted by Gasteiger charge is 2.35. The van der Waals surface area contributed by atoms with E-state index in [-0.39, 0.29) is 78.5 Å². The molecule has 23 nitrogen and oxygen atoms in total. The molecule has 25 heteroatoms. The van der Waals surface area contributed by atoms with Gasteiger partial charge in [-0.3, -0.25) is 29.3 Å². The number of hydrogen-bond acceptors (Lipinski definition) is 15. The van der Waals surface area contributed by atoms with Crippen LogP contribution in [0.2, 0.25) is 0 Å². The second-order valence-electron chi connectivity index (χ2n) is 20.5. The summed E-state index contributed by atoms with van der Waals surface area (Å²) in [6, 6.07) is 0. The summed E-state index contributed by atoms with van der Waals surface area (Å²) in [5, 5.41) is 52.1. The van der Waals surface area contributed by atoms with Crippen LogP contribution in [-0.2, 0) is 38.3 Å². The molecule has 6 rings (SSSR count). The van der Waals surface area contributed by atoms with Gasteiger partial charge in [0, 0.05) is 16.2 Å². The molecule has 1 fully saturated rings. The van der Waals surface area contributed by atoms with E-state index in [1.165, 1.54) is 17.2 Å². The van der Waals surface area contributed by atoms with Crippen LogP contribution >= 0.6 is 11.3 Å². The molecule has 0 radical (unpaired) electrons. The summed E-state index contributed by atoms with van der Waals surface area (Å²) in [6.07, 6.45) is 2.58. The molecule has 1 aliphatic heterocycles. The van der Waals surface area contributed by atoms with Gasteiger partial charge in [-0.1, -0.05) is 105 Å². The normalized spacial score (nSPS) is 15.4. The number of aromatic amines is 5. The summed E-state index contributed by atoms with van der Waals surface area (Å²) in [5.41, 5.74) is -1.05. The van der Waals surface area contributed by atoms with Crippen LogP contribution < -0.4 is 31.9 Å². The molecule has 0 aliphatic carbocycles. The second kappa shape index (κ2) is 21.3. The third-order valence-corrected chi connectivity index (χ3v) is 10.1. The van der Waals surface area contributed by atoms with Crippen LogP contribution in [0.5, 0.6) is 23.5 Å². The van der Waals surface area contributed by atoms with Crippen molar-refractivity contribution in [3.05, 3.63) is 69.8 Å². The standard InChI is InChI=1S/C7H12N2O2.C7H11NO3.C7H11NO2S.2C6H11N3O.C6H12N2O2S/c1-7(2,3)4-5(10)9-6(11)8-4;2*1-7(2,3)4-5(9)8-6(10)11-4;1-6(2,3)9-4-5(10)7-8-9;1-6(2,3)9-7-4-5(10)8-9;1-6(2,3)4-7-5(9)11(10)8-4/h10H,1-3H3,(H2,8,9,11);2*9H,1-3H3,(H,8,10);4,10H,1-3H3;4H,1-3H3,(H,8,10);4,8H,1-3H3,(H,7,9). The Morgan fingerprint density at radius 3 is 1.45 bits per heavy atom. The SMILES string of the molecule is CC(C)(C)C1NC(=O)S(=O)N1.CC(C)(C)c1[nH]c(=O)[nH]c1O.CC(C)(C)c1oc(=O)[nH]c1O.CC(C)(C)c1sc(=O)[nH]c1O.CC(C)(C)n1cc(O)nn1.CC(C)(C)n1ncc(=O)[nH]1. The van der Waals surface area contributed by atoms with Crippen LogP contribution in [0.4, 0.5) is 4.79 Å². The number of amides is 1. The number of imidazole rings is 1. The summed E-state index contributed by atoms with van der Waals surface area (Å²) in [5.74, 6) is -0.595. The van der Waals surface area contributed by atoms with Gasteiger partial charge in [-0.15, -0.1) is 0 Å². The maximum atomic E-state index is 10.8. The fraction of sp³-hybridized carbons (Fsp3) is 0.641. The molecule has 6 heterocycles. The number of H-pyrrole nitrogens is 5. The van der Waals surface area contributed by atoms with Gasteiger partial charge in [-0.2, -0.15) is 9.90 Å². The average Bonchev–Trinajstić information content (AvgIpc) is 3.95. The van der Waals surface area contributed by atoms with Crippen LogP contribution in [-0.4, -0.2) is 86.0 Å². The van der Waals surface area contributed by atoms with Crippen molar-refractivity contribution >= 4 is 27.6 Å². The molecule has 362 valence electrons. The van der Waals surface area contributed by atoms with E-state index in [0.717, 1.165) is 11.3 Å². The largest absolute Gasteiger partial charge is 0.494 e. The molecule has 0 saturated carbocycles. The van der Waals surface area contributed by atoms with Crippen molar-refractivity contribution in [3.8, 4) is 23.5 Å². The van der Waals surface area contributed by atoms with Gasteiger partial charge in [-0.05, 0) is 47.0 Å². The maximum absolute atomic E-state index is 10.8. The van der Waals surface area contributed by atoms with Crippen molar-refractivity contribution in [2.24, 2.45) is 5.41 Å². The Labute approximate surface area is 377 Å². The van der Waals surface area contributed by atoms with Crippen LogP contribution in [0.25, 0.3) is 0 Å². The van der Waals surface area contributed by atoms with Crippen molar-refractivity contribution in [1.82, 2.24) is 60.0 Å². The molecule has 0 aromatic carbocycles. The molecule has 11 N–H and O–H groups in total. The molecule has 1 saturated heterocycles. The first-order chi connectivity index (χ1) is 28.6. The monoisotopic (exact) mass is 944 g/mol. The van der Waals surface area contributed by atoms with Crippen molar-refractivity contribution in [2.75, 3.05) is 0 Å². The third-order valence-electron chi connectivity index (χ3n) is 7.91. The Kier molecular flexibility index (Phi) is 18.8. The van der Waals surface area contributed by atoms with E-state index in [1.54, 1.807) is 4.68 Å². The van der Waals surface area contributed by atoms with Crippen LogP contribution in [0.15, 0.2) is 36.0 Å². The van der Waals surface area contributed by atoms with E-state index in [0.29, 0.717) is 16.3 Å². The van der Waals surface area contributed by atoms with Gasteiger partial charge >= 0.3 is 21.6 Å². The second-order valence-corrected chi connectivity index (χ2v) is 22.6. The lowest BCUT2D eigenvalue weighted by Gasteiger charge is -2.25. The minimum Gasteiger partial charge on any atom is -0.494 e. The Morgan fingerprint density at radius 1 is 0.703 bits per heavy atom. The number of nitrogens with one attached hydrogen (secondary N) is 7. The zero-order chi connectivity index (χ0) is 50.1. The van der Waals surface area contributed by atoms with Gasteiger partial charge < -0.3 is 35.1 Å². The summed E-state index contributed by atoms with van der Waals surface area (Å²) < 4.78 is 19.8. The van der Waals surface area contributed by atoms with E-state index in [2.05, 4.69) is 50.5 Å². The Balaban J connectivity index is 0.000000384. The molecular weight excluding hydrogens is 877 g/mol. The highest BCUT2D eigenvalue weighted by Crippen LogP contribution is 2.31. The van der Waals surface area contributed by atoms with Gasteiger partial charge in [0.15, 0.2) is 16.7 Å². The zero-order valence-corrected chi connectivity index (χ0v) is 41.6. The predicted octanol–water partition coefficient (Wildman–Crippen LogP) is 4.52. The van der Waals surface area contributed by atoms with Gasteiger partial charge in [0.05, 0.1) is 34.0 Å². The summed E-state index contributed by atoms with van der Waals surface area (Å²) >= 11 is 1.06. The van der Waals surface area contributed by atoms with Gasteiger partial charge in [0.2, 0.25) is 17.6 Å². The molecule has 5 aromatic heterocycles. The number of thiazole rings is 1. The number of hydrogen-bond donors (Lipinski definition) is 11. The number of aromatic nitrogens is 10. The summed E-state index contributed by atoms with van der Waals surface area (Å²) in [6.45, 7) is 34.9. The predicted molar refractivity (Wildman–Crippen MR) is 244 cm³/mol. The molecule has 5 aromatic rings. The number of rotatable bonds is 0. The quantitative estimate of drug-likeness (QED) is 0.102. The topological polar surface area (TPSA) is 348 Å². The highest BCUT2D eigenvalue weighted by molar-refractivity contribution is 7.98. The van der Waals surface area contributed by atoms with Crippen LogP contribution in [0, 0.1) is 5.41 Å². The van der Waals surface area contributed by atoms with Gasteiger partial charge in [0.25, 0.3) is 11.4 Å². The van der Waals surface area contributed by atoms with Crippen molar-refractivity contribution < 1.29 is 33.8 Å². The van der Waals surface area contributed by atoms with Gasteiger partial charge in [0.1, 0.15) is 6.20 Å². The number of oxazole rings is 1. The maximum Gasteiger partial charge on any atom is 0.419 e. The molecule has 2 unspecified atom stereocenters. The zero-order valence-electron chi connectivity index (χ0n) is 39.9. The van der Waals surface area contributed by atoms with Crippen molar-refractivity contribution in [2.45, 2.75) is 158 Å². The molecule has 0 spiro atoms. The lowest BCUT2D eigenvalue weighted by molar-refractivity contribution is 0.241. The van der Waals surface area contributed by atoms with E-state index in [4.69, 9.17) is 14.6 Å². The van der Waals surface area contributed by atoms with Crippen molar-refractivity contribution in [1.29, 1.82) is 0 Å². The summed E-state index contributed by atoms with van der Waals surface area (Å²) in [7, 11) is -1.54. The number of carbonyl (C=O) groups excluding carboxylic acids is 1. The lowest BCUT2D eigenvalue weighted by Crippen LogP contribution is -2.43. The molecular formula is C39H68N12O11S2. The van der Waals surface area contributed by atoms with E-state index >= 15 is 0 Å². The molecule has 1 aliphatic rings. The number of nitrogens with zero attached hydrogens (tertiary/aromatic N) is 5. The van der Waals surface area contributed by atoms with E-state index in [9.17, 15) is 38.4 Å². The third kappa shape index (κ3) is 18.6. The molecule has 2 atom stereocenters. The molecule has 1 amide bonds. The number of aromatic hydroxyl groups is 4. The minimum atomic E-state index is -1.54. The lowest BCUT2D eigenvalue weighted by atomic mass is 9.93. The van der Waals surface area contributed by atoms with E-state index < -0.39 is 22.0 Å². The first-order valence-electron chi connectivity index (χ1n) is 19.8. The average molecular weight is 945 g/mol. The summed E-state index contributed by atoms with van der Waals surface area (Å²) in [4.78, 5) is 64.7. The molecule has 0 bridgehead atoms. The first-order valence-corrected chi connectivity index (χ1v) is 21.7. The Bertz CT molecular complexity index is 2340. The highest BCUT2D eigenvalue weighted by atomic mass is 32.2. The number of carbonyl (C=O) groups is 1. The van der Waals surface area contributed by atoms with Crippen LogP contribution in [0.3, 0.4) is 0 Å². The Hall–Kier alpha value is -5.69. The molecule has 64 heavy (non-hydrogen) atoms. The Morgan fingerprint density at radius 2 is 1.27 bits per heavy atom. The fourth-order valence-electron chi connectivity index (χ4n) is 4.52. The fourth-order valence-corrected chi connectivity index (χ4v) is 6.27.